The van der Waals surface area contributed by atoms with Crippen molar-refractivity contribution in [3.63, 3.8) is 0 Å². The average Bonchev–Trinajstić information content (AvgIpc) is 3.39. The van der Waals surface area contributed by atoms with Crippen LogP contribution in [0.5, 0.6) is 0 Å². The first kappa shape index (κ1) is 17.9. The Balaban J connectivity index is 1.51. The fraction of sp³-hybridized carbons (Fsp3) is 0.273. The summed E-state index contributed by atoms with van der Waals surface area (Å²) < 4.78 is 5.45. The van der Waals surface area contributed by atoms with Gasteiger partial charge in [0.1, 0.15) is 17.7 Å². The molecule has 0 unspecified atom stereocenters. The molecule has 4 nitrogen and oxygen atoms in total. The molecule has 5 heteroatoms. The zero-order valence-electron chi connectivity index (χ0n) is 15.3. The minimum Gasteiger partial charge on any atom is -0.459 e. The molecule has 1 N–H and O–H groups in total. The Labute approximate surface area is 163 Å². The number of rotatable bonds is 5. The molecular weight excluding hydrogens is 356 g/mol. The largest absolute Gasteiger partial charge is 0.459 e. The topological polar surface area (TPSA) is 51.2 Å². The minimum atomic E-state index is -0.162. The van der Waals surface area contributed by atoms with Crippen molar-refractivity contribution < 1.29 is 9.53 Å². The fourth-order valence-electron chi connectivity index (χ4n) is 3.43. The quantitative estimate of drug-likeness (QED) is 0.660. The van der Waals surface area contributed by atoms with Gasteiger partial charge in [-0.1, -0.05) is 48.5 Å². The van der Waals surface area contributed by atoms with Crippen LogP contribution in [0.25, 0.3) is 21.7 Å². The SMILES string of the molecule is Cc1c(-c2ccccc2)cccc1-c1ncc(COC(=O)[C@@H]2CCCN2)s1. The van der Waals surface area contributed by atoms with Crippen LogP contribution in [-0.2, 0) is 16.1 Å². The Morgan fingerprint density at radius 3 is 2.78 bits per heavy atom. The normalized spacial score (nSPS) is 16.4. The summed E-state index contributed by atoms with van der Waals surface area (Å²) in [5.74, 6) is -0.162. The summed E-state index contributed by atoms with van der Waals surface area (Å²) in [4.78, 5) is 17.6. The molecule has 0 aliphatic carbocycles. The number of thiazole rings is 1. The van der Waals surface area contributed by atoms with E-state index in [4.69, 9.17) is 4.74 Å². The Kier molecular flexibility index (Phi) is 5.32. The van der Waals surface area contributed by atoms with Gasteiger partial charge in [0.25, 0.3) is 0 Å². The highest BCUT2D eigenvalue weighted by molar-refractivity contribution is 7.15. The van der Waals surface area contributed by atoms with Gasteiger partial charge >= 0.3 is 5.97 Å². The van der Waals surface area contributed by atoms with Crippen LogP contribution in [-0.4, -0.2) is 23.5 Å². The predicted molar refractivity (Wildman–Crippen MR) is 109 cm³/mol. The smallest absolute Gasteiger partial charge is 0.323 e. The summed E-state index contributed by atoms with van der Waals surface area (Å²) in [6.07, 6.45) is 3.70. The molecule has 1 atom stereocenters. The Bertz CT molecular complexity index is 930. The lowest BCUT2D eigenvalue weighted by atomic mass is 9.97. The van der Waals surface area contributed by atoms with Crippen molar-refractivity contribution in [3.8, 4) is 21.7 Å². The summed E-state index contributed by atoms with van der Waals surface area (Å²) in [6.45, 7) is 3.30. The molecule has 0 spiro atoms. The highest BCUT2D eigenvalue weighted by Crippen LogP contribution is 2.34. The van der Waals surface area contributed by atoms with Crippen LogP contribution in [0.1, 0.15) is 23.3 Å². The van der Waals surface area contributed by atoms with Crippen molar-refractivity contribution in [2.45, 2.75) is 32.4 Å². The summed E-state index contributed by atoms with van der Waals surface area (Å²) in [7, 11) is 0. The van der Waals surface area contributed by atoms with E-state index in [0.29, 0.717) is 0 Å². The van der Waals surface area contributed by atoms with E-state index in [1.54, 1.807) is 11.3 Å². The molecule has 1 saturated heterocycles. The molecule has 2 heterocycles. The van der Waals surface area contributed by atoms with E-state index in [-0.39, 0.29) is 18.6 Å². The lowest BCUT2D eigenvalue weighted by Crippen LogP contribution is -2.32. The molecule has 0 bridgehead atoms. The van der Waals surface area contributed by atoms with Crippen molar-refractivity contribution >= 4 is 17.3 Å². The Morgan fingerprint density at radius 1 is 1.19 bits per heavy atom. The van der Waals surface area contributed by atoms with E-state index < -0.39 is 0 Å². The number of nitrogens with one attached hydrogen (secondary N) is 1. The molecule has 0 radical (unpaired) electrons. The third-order valence-corrected chi connectivity index (χ3v) is 5.91. The molecule has 2 aromatic carbocycles. The van der Waals surface area contributed by atoms with Crippen molar-refractivity contribution in [2.75, 3.05) is 6.54 Å². The number of esters is 1. The maximum absolute atomic E-state index is 12.1. The Morgan fingerprint density at radius 2 is 2.00 bits per heavy atom. The number of hydrogen-bond acceptors (Lipinski definition) is 5. The molecular formula is C22H22N2O2S. The average molecular weight is 378 g/mol. The zero-order chi connectivity index (χ0) is 18.6. The highest BCUT2D eigenvalue weighted by atomic mass is 32.1. The van der Waals surface area contributed by atoms with Crippen LogP contribution in [0.15, 0.2) is 54.7 Å². The van der Waals surface area contributed by atoms with Crippen LogP contribution in [0.3, 0.4) is 0 Å². The first-order valence-corrected chi connectivity index (χ1v) is 10.0. The maximum atomic E-state index is 12.1. The van der Waals surface area contributed by atoms with Gasteiger partial charge in [-0.15, -0.1) is 11.3 Å². The highest BCUT2D eigenvalue weighted by Gasteiger charge is 2.23. The number of ether oxygens (including phenoxy) is 1. The third-order valence-electron chi connectivity index (χ3n) is 4.90. The van der Waals surface area contributed by atoms with Crippen LogP contribution < -0.4 is 5.32 Å². The molecule has 0 saturated carbocycles. The van der Waals surface area contributed by atoms with Crippen LogP contribution in [0.4, 0.5) is 0 Å². The summed E-state index contributed by atoms with van der Waals surface area (Å²) in [6, 6.07) is 16.5. The maximum Gasteiger partial charge on any atom is 0.323 e. The summed E-state index contributed by atoms with van der Waals surface area (Å²) >= 11 is 1.58. The predicted octanol–water partition coefficient (Wildman–Crippen LogP) is 4.58. The molecule has 4 rings (SSSR count). The van der Waals surface area contributed by atoms with E-state index in [1.165, 1.54) is 16.7 Å². The van der Waals surface area contributed by atoms with Gasteiger partial charge in [0.15, 0.2) is 0 Å². The lowest BCUT2D eigenvalue weighted by molar-refractivity contribution is -0.146. The second-order valence-electron chi connectivity index (χ2n) is 6.73. The van der Waals surface area contributed by atoms with Gasteiger partial charge < -0.3 is 10.1 Å². The van der Waals surface area contributed by atoms with Crippen molar-refractivity contribution in [1.29, 1.82) is 0 Å². The standard InChI is InChI=1S/C22H22N2O2S/c1-15-18(16-7-3-2-4-8-16)9-5-10-19(15)21-24-13-17(27-21)14-26-22(25)20-11-6-12-23-20/h2-5,7-10,13,20,23H,6,11-12,14H2,1H3/t20-/m0/s1. The minimum absolute atomic E-state index is 0.151. The molecule has 1 aliphatic rings. The molecule has 1 aliphatic heterocycles. The number of carbonyl (C=O) groups excluding carboxylic acids is 1. The molecule has 138 valence electrons. The van der Waals surface area contributed by atoms with Crippen molar-refractivity contribution in [1.82, 2.24) is 10.3 Å². The van der Waals surface area contributed by atoms with Gasteiger partial charge in [-0.3, -0.25) is 4.79 Å². The van der Waals surface area contributed by atoms with Gasteiger partial charge in [-0.25, -0.2) is 4.98 Å². The number of carbonyl (C=O) groups is 1. The second-order valence-corrected chi connectivity index (χ2v) is 7.85. The number of aromatic nitrogens is 1. The van der Waals surface area contributed by atoms with E-state index in [1.807, 2.05) is 12.3 Å². The zero-order valence-corrected chi connectivity index (χ0v) is 16.1. The first-order valence-electron chi connectivity index (χ1n) is 9.22. The van der Waals surface area contributed by atoms with Gasteiger partial charge in [0.05, 0.1) is 4.88 Å². The van der Waals surface area contributed by atoms with Gasteiger partial charge in [-0.05, 0) is 43.0 Å². The number of hydrogen-bond donors (Lipinski definition) is 1. The lowest BCUT2D eigenvalue weighted by Gasteiger charge is -2.10. The van der Waals surface area contributed by atoms with Crippen LogP contribution in [0, 0.1) is 6.92 Å². The van der Waals surface area contributed by atoms with Crippen molar-refractivity contribution in [3.05, 3.63) is 65.2 Å². The van der Waals surface area contributed by atoms with E-state index >= 15 is 0 Å². The second kappa shape index (κ2) is 8.03. The van der Waals surface area contributed by atoms with Gasteiger partial charge in [0, 0.05) is 11.8 Å². The monoisotopic (exact) mass is 378 g/mol. The van der Waals surface area contributed by atoms with Crippen LogP contribution in [0.2, 0.25) is 0 Å². The molecule has 3 aromatic rings. The van der Waals surface area contributed by atoms with E-state index in [2.05, 4.69) is 59.7 Å². The summed E-state index contributed by atoms with van der Waals surface area (Å²) in [5.41, 5.74) is 4.74. The number of nitrogens with zero attached hydrogens (tertiary/aromatic N) is 1. The van der Waals surface area contributed by atoms with Crippen molar-refractivity contribution in [2.24, 2.45) is 0 Å². The number of benzene rings is 2. The van der Waals surface area contributed by atoms with Crippen LogP contribution >= 0.6 is 11.3 Å². The molecule has 1 fully saturated rings. The fourth-order valence-corrected chi connectivity index (χ4v) is 4.33. The molecule has 27 heavy (non-hydrogen) atoms. The third kappa shape index (κ3) is 3.94. The summed E-state index contributed by atoms with van der Waals surface area (Å²) in [5, 5.41) is 4.12. The molecule has 0 amide bonds. The van der Waals surface area contributed by atoms with Gasteiger partial charge in [-0.2, -0.15) is 0 Å². The van der Waals surface area contributed by atoms with E-state index in [0.717, 1.165) is 34.8 Å². The Hall–Kier alpha value is -2.50. The van der Waals surface area contributed by atoms with Gasteiger partial charge in [0.2, 0.25) is 0 Å². The van der Waals surface area contributed by atoms with E-state index in [9.17, 15) is 4.79 Å². The first-order chi connectivity index (χ1) is 13.2. The molecule has 1 aromatic heterocycles.